The van der Waals surface area contributed by atoms with Crippen LogP contribution >= 0.6 is 0 Å². The third-order valence-electron chi connectivity index (χ3n) is 1.91. The standard InChI is InChI=1S/C10H9F2N/c1-7(5-11)8-2-3-10(12)9(4-8)6-13/h2-4,7H,5H2,1H3. The number of hydrogen-bond acceptors (Lipinski definition) is 1. The lowest BCUT2D eigenvalue weighted by molar-refractivity contribution is 0.447. The Labute approximate surface area is 75.6 Å². The van der Waals surface area contributed by atoms with Gasteiger partial charge in [0, 0.05) is 5.92 Å². The smallest absolute Gasteiger partial charge is 0.140 e. The maximum Gasteiger partial charge on any atom is 0.140 e. The number of nitriles is 1. The van der Waals surface area contributed by atoms with Crippen LogP contribution in [0.3, 0.4) is 0 Å². The Morgan fingerprint density at radius 3 is 2.77 bits per heavy atom. The van der Waals surface area contributed by atoms with E-state index in [4.69, 9.17) is 5.26 Å². The molecule has 0 aromatic heterocycles. The highest BCUT2D eigenvalue weighted by molar-refractivity contribution is 5.35. The minimum absolute atomic E-state index is 0.0298. The summed E-state index contributed by atoms with van der Waals surface area (Å²) in [6, 6.07) is 5.80. The Kier molecular flexibility index (Phi) is 2.97. The fourth-order valence-electron chi connectivity index (χ4n) is 1.02. The minimum atomic E-state index is -0.558. The second-order valence-electron chi connectivity index (χ2n) is 2.91. The summed E-state index contributed by atoms with van der Waals surface area (Å²) in [7, 11) is 0. The van der Waals surface area contributed by atoms with Gasteiger partial charge in [0.15, 0.2) is 0 Å². The van der Waals surface area contributed by atoms with Crippen molar-refractivity contribution in [3.8, 4) is 6.07 Å². The summed E-state index contributed by atoms with van der Waals surface area (Å²) in [4.78, 5) is 0. The van der Waals surface area contributed by atoms with Gasteiger partial charge in [0.1, 0.15) is 11.9 Å². The molecule has 1 atom stereocenters. The highest BCUT2D eigenvalue weighted by Crippen LogP contribution is 2.18. The van der Waals surface area contributed by atoms with E-state index >= 15 is 0 Å². The molecular formula is C10H9F2N. The summed E-state index contributed by atoms with van der Waals surface area (Å²) < 4.78 is 25.1. The van der Waals surface area contributed by atoms with E-state index in [1.54, 1.807) is 13.0 Å². The lowest BCUT2D eigenvalue weighted by Gasteiger charge is -2.06. The largest absolute Gasteiger partial charge is 0.250 e. The lowest BCUT2D eigenvalue weighted by atomic mass is 10.0. The van der Waals surface area contributed by atoms with Gasteiger partial charge in [-0.1, -0.05) is 13.0 Å². The summed E-state index contributed by atoms with van der Waals surface area (Å²) >= 11 is 0. The lowest BCUT2D eigenvalue weighted by Crippen LogP contribution is -1.97. The van der Waals surface area contributed by atoms with Crippen LogP contribution < -0.4 is 0 Å². The molecule has 0 N–H and O–H groups in total. The summed E-state index contributed by atoms with van der Waals surface area (Å²) in [5.41, 5.74) is 0.623. The fraction of sp³-hybridized carbons (Fsp3) is 0.300. The molecule has 0 heterocycles. The molecule has 68 valence electrons. The Hall–Kier alpha value is -1.43. The van der Waals surface area contributed by atoms with E-state index in [0.29, 0.717) is 5.56 Å². The zero-order valence-corrected chi connectivity index (χ0v) is 7.22. The number of alkyl halides is 1. The van der Waals surface area contributed by atoms with Crippen molar-refractivity contribution in [2.24, 2.45) is 0 Å². The number of hydrogen-bond donors (Lipinski definition) is 0. The molecule has 1 aromatic rings. The molecule has 0 saturated heterocycles. The average molecular weight is 181 g/mol. The SMILES string of the molecule is CC(CF)c1ccc(F)c(C#N)c1. The molecule has 0 radical (unpaired) electrons. The van der Waals surface area contributed by atoms with E-state index in [1.165, 1.54) is 18.2 Å². The minimum Gasteiger partial charge on any atom is -0.250 e. The molecule has 1 nitrogen and oxygen atoms in total. The van der Waals surface area contributed by atoms with Crippen LogP contribution in [0.25, 0.3) is 0 Å². The van der Waals surface area contributed by atoms with E-state index in [0.717, 1.165) is 0 Å². The van der Waals surface area contributed by atoms with Gasteiger partial charge in [-0.3, -0.25) is 4.39 Å². The first kappa shape index (κ1) is 9.66. The van der Waals surface area contributed by atoms with Crippen molar-refractivity contribution in [3.63, 3.8) is 0 Å². The molecule has 3 heteroatoms. The first-order chi connectivity index (χ1) is 6.19. The third-order valence-corrected chi connectivity index (χ3v) is 1.91. The first-order valence-corrected chi connectivity index (χ1v) is 3.94. The zero-order valence-electron chi connectivity index (χ0n) is 7.22. The fourth-order valence-corrected chi connectivity index (χ4v) is 1.02. The van der Waals surface area contributed by atoms with Crippen molar-refractivity contribution in [3.05, 3.63) is 35.1 Å². The van der Waals surface area contributed by atoms with E-state index < -0.39 is 12.5 Å². The molecule has 0 aliphatic heterocycles. The molecule has 0 spiro atoms. The Morgan fingerprint density at radius 2 is 2.23 bits per heavy atom. The Bertz CT molecular complexity index is 341. The Balaban J connectivity index is 3.08. The third kappa shape index (κ3) is 2.03. The van der Waals surface area contributed by atoms with Gasteiger partial charge in [0.05, 0.1) is 12.2 Å². The summed E-state index contributed by atoms with van der Waals surface area (Å²) in [5.74, 6) is -0.843. The Morgan fingerprint density at radius 1 is 1.54 bits per heavy atom. The van der Waals surface area contributed by atoms with Gasteiger partial charge in [0.2, 0.25) is 0 Å². The molecule has 0 saturated carbocycles. The monoisotopic (exact) mass is 181 g/mol. The van der Waals surface area contributed by atoms with Crippen LogP contribution in [0.5, 0.6) is 0 Å². The number of halogens is 2. The molecule has 0 bridgehead atoms. The molecule has 1 rings (SSSR count). The number of benzene rings is 1. The maximum absolute atomic E-state index is 12.8. The number of rotatable bonds is 2. The van der Waals surface area contributed by atoms with Crippen molar-refractivity contribution in [1.29, 1.82) is 5.26 Å². The molecule has 0 aliphatic rings. The topological polar surface area (TPSA) is 23.8 Å². The molecule has 1 unspecified atom stereocenters. The van der Waals surface area contributed by atoms with Gasteiger partial charge in [-0.2, -0.15) is 5.26 Å². The highest BCUT2D eigenvalue weighted by Gasteiger charge is 2.08. The predicted octanol–water partition coefficient (Wildman–Crippen LogP) is 2.77. The van der Waals surface area contributed by atoms with E-state index in [1.807, 2.05) is 0 Å². The van der Waals surface area contributed by atoms with Gasteiger partial charge in [-0.25, -0.2) is 4.39 Å². The second kappa shape index (κ2) is 3.99. The zero-order chi connectivity index (χ0) is 9.84. The van der Waals surface area contributed by atoms with Crippen LogP contribution in [-0.4, -0.2) is 6.67 Å². The van der Waals surface area contributed by atoms with Crippen LogP contribution in [0, 0.1) is 17.1 Å². The van der Waals surface area contributed by atoms with Crippen molar-refractivity contribution >= 4 is 0 Å². The van der Waals surface area contributed by atoms with Crippen molar-refractivity contribution < 1.29 is 8.78 Å². The van der Waals surface area contributed by atoms with Crippen LogP contribution in [0.4, 0.5) is 8.78 Å². The summed E-state index contributed by atoms with van der Waals surface area (Å²) in [5, 5.41) is 8.51. The van der Waals surface area contributed by atoms with Gasteiger partial charge in [-0.15, -0.1) is 0 Å². The first-order valence-electron chi connectivity index (χ1n) is 3.94. The van der Waals surface area contributed by atoms with Crippen molar-refractivity contribution in [2.45, 2.75) is 12.8 Å². The molecular weight excluding hydrogens is 172 g/mol. The van der Waals surface area contributed by atoms with Crippen LogP contribution in [0.2, 0.25) is 0 Å². The summed E-state index contributed by atoms with van der Waals surface area (Å²) in [6.45, 7) is 1.19. The average Bonchev–Trinajstić information content (AvgIpc) is 2.17. The van der Waals surface area contributed by atoms with Gasteiger partial charge in [0.25, 0.3) is 0 Å². The second-order valence-corrected chi connectivity index (χ2v) is 2.91. The van der Waals surface area contributed by atoms with Gasteiger partial charge >= 0.3 is 0 Å². The van der Waals surface area contributed by atoms with Crippen LogP contribution in [0.15, 0.2) is 18.2 Å². The quantitative estimate of drug-likeness (QED) is 0.688. The van der Waals surface area contributed by atoms with Crippen LogP contribution in [0.1, 0.15) is 24.0 Å². The van der Waals surface area contributed by atoms with E-state index in [2.05, 4.69) is 0 Å². The van der Waals surface area contributed by atoms with Crippen molar-refractivity contribution in [1.82, 2.24) is 0 Å². The molecule has 0 fully saturated rings. The summed E-state index contributed by atoms with van der Waals surface area (Å²) in [6.07, 6.45) is 0. The predicted molar refractivity (Wildman–Crippen MR) is 45.5 cm³/mol. The molecule has 0 aliphatic carbocycles. The van der Waals surface area contributed by atoms with Gasteiger partial charge in [-0.05, 0) is 17.7 Å². The highest BCUT2D eigenvalue weighted by atomic mass is 19.1. The maximum atomic E-state index is 12.8. The normalized spacial score (nSPS) is 12.2. The number of nitrogens with zero attached hydrogens (tertiary/aromatic N) is 1. The van der Waals surface area contributed by atoms with E-state index in [-0.39, 0.29) is 11.5 Å². The van der Waals surface area contributed by atoms with Crippen LogP contribution in [-0.2, 0) is 0 Å². The molecule has 1 aromatic carbocycles. The molecule has 13 heavy (non-hydrogen) atoms. The van der Waals surface area contributed by atoms with Crippen molar-refractivity contribution in [2.75, 3.05) is 6.67 Å². The van der Waals surface area contributed by atoms with E-state index in [9.17, 15) is 8.78 Å². The van der Waals surface area contributed by atoms with Gasteiger partial charge < -0.3 is 0 Å². The molecule has 0 amide bonds.